The summed E-state index contributed by atoms with van der Waals surface area (Å²) in [6.45, 7) is 2.74. The summed E-state index contributed by atoms with van der Waals surface area (Å²) in [5.41, 5.74) is 4.02. The summed E-state index contributed by atoms with van der Waals surface area (Å²) in [5, 5.41) is 14.4. The molecule has 0 spiro atoms. The molecule has 27 heavy (non-hydrogen) atoms. The van der Waals surface area contributed by atoms with E-state index >= 15 is 0 Å². The highest BCUT2D eigenvalue weighted by atomic mass is 32.2. The first kappa shape index (κ1) is 20.2. The van der Waals surface area contributed by atoms with Crippen LogP contribution in [0.15, 0.2) is 53.6 Å². The second-order valence-electron chi connectivity index (χ2n) is 5.43. The molecule has 142 valence electrons. The largest absolute Gasteiger partial charge is 0.494 e. The maximum Gasteiger partial charge on any atom is 0.345 e. The van der Waals surface area contributed by atoms with Crippen molar-refractivity contribution in [2.24, 2.45) is 5.10 Å². The maximum absolute atomic E-state index is 11.7. The van der Waals surface area contributed by atoms with Gasteiger partial charge in [-0.3, -0.25) is 14.8 Å². The Morgan fingerprint density at radius 1 is 1.22 bits per heavy atom. The van der Waals surface area contributed by atoms with Gasteiger partial charge in [-0.25, -0.2) is 10.2 Å². The molecule has 2 aromatic rings. The highest BCUT2D eigenvalue weighted by molar-refractivity contribution is 7.97. The fourth-order valence-electron chi connectivity index (χ4n) is 1.96. The van der Waals surface area contributed by atoms with Gasteiger partial charge in [-0.15, -0.1) is 0 Å². The van der Waals surface area contributed by atoms with Gasteiger partial charge in [0.2, 0.25) is 0 Å². The topological polar surface area (TPSA) is 106 Å². The summed E-state index contributed by atoms with van der Waals surface area (Å²) in [7, 11) is 0. The molecule has 2 aromatic carbocycles. The number of rotatable bonds is 9. The van der Waals surface area contributed by atoms with Crippen molar-refractivity contribution in [2.75, 3.05) is 6.61 Å². The van der Waals surface area contributed by atoms with Crippen molar-refractivity contribution in [3.05, 3.63) is 69.8 Å². The molecule has 0 saturated heterocycles. The van der Waals surface area contributed by atoms with E-state index in [0.29, 0.717) is 17.9 Å². The van der Waals surface area contributed by atoms with E-state index in [9.17, 15) is 14.9 Å². The Morgan fingerprint density at radius 2 is 1.93 bits per heavy atom. The molecule has 2 amide bonds. The summed E-state index contributed by atoms with van der Waals surface area (Å²) in [6.07, 6.45) is 2.37. The zero-order valence-corrected chi connectivity index (χ0v) is 15.6. The van der Waals surface area contributed by atoms with Gasteiger partial charge in [-0.1, -0.05) is 19.1 Å². The molecular weight excluding hydrogens is 368 g/mol. The van der Waals surface area contributed by atoms with Gasteiger partial charge in [0.05, 0.1) is 17.7 Å². The Morgan fingerprint density at radius 3 is 2.56 bits per heavy atom. The van der Waals surface area contributed by atoms with Gasteiger partial charge in [-0.2, -0.15) is 5.10 Å². The Balaban J connectivity index is 1.69. The van der Waals surface area contributed by atoms with E-state index in [-0.39, 0.29) is 5.69 Å². The molecule has 0 atom stereocenters. The van der Waals surface area contributed by atoms with Crippen molar-refractivity contribution in [3.8, 4) is 5.75 Å². The molecule has 8 nitrogen and oxygen atoms in total. The fraction of sp³-hybridized carbons (Fsp3) is 0.222. The van der Waals surface area contributed by atoms with Crippen molar-refractivity contribution >= 4 is 29.9 Å². The first-order valence-electron chi connectivity index (χ1n) is 8.25. The normalized spacial score (nSPS) is 10.6. The predicted molar refractivity (Wildman–Crippen MR) is 106 cm³/mol. The number of nitrogens with one attached hydrogen (secondary N) is 2. The molecule has 0 aliphatic rings. The lowest BCUT2D eigenvalue weighted by molar-refractivity contribution is -0.384. The zero-order chi connectivity index (χ0) is 19.5. The fourth-order valence-corrected chi connectivity index (χ4v) is 2.57. The Kier molecular flexibility index (Phi) is 8.11. The molecule has 9 heteroatoms. The van der Waals surface area contributed by atoms with Gasteiger partial charge in [0.15, 0.2) is 0 Å². The first-order chi connectivity index (χ1) is 13.1. The number of hydrogen-bond donors (Lipinski definition) is 2. The number of nitro benzene ring substituents is 1. The molecule has 0 aromatic heterocycles. The average molecular weight is 388 g/mol. The number of carbonyl (C=O) groups is 1. The van der Waals surface area contributed by atoms with Gasteiger partial charge in [0.1, 0.15) is 5.75 Å². The second-order valence-corrected chi connectivity index (χ2v) is 6.21. The zero-order valence-electron chi connectivity index (χ0n) is 14.8. The Labute approximate surface area is 161 Å². The number of benzene rings is 2. The minimum Gasteiger partial charge on any atom is -0.494 e. The van der Waals surface area contributed by atoms with Crippen molar-refractivity contribution in [3.63, 3.8) is 0 Å². The molecule has 0 saturated carbocycles. The minimum atomic E-state index is -0.477. The Hall–Kier alpha value is -3.07. The highest BCUT2D eigenvalue weighted by Crippen LogP contribution is 2.15. The number of nitrogens with zero attached hydrogens (tertiary/aromatic N) is 2. The summed E-state index contributed by atoms with van der Waals surface area (Å²) >= 11 is 1.24. The van der Waals surface area contributed by atoms with E-state index in [4.69, 9.17) is 4.74 Å². The van der Waals surface area contributed by atoms with Gasteiger partial charge in [0.25, 0.3) is 5.69 Å². The van der Waals surface area contributed by atoms with Crippen LogP contribution >= 0.6 is 11.9 Å². The third-order valence-corrected chi connectivity index (χ3v) is 4.09. The number of non-ortho nitro benzene ring substituents is 1. The van der Waals surface area contributed by atoms with E-state index < -0.39 is 11.0 Å². The first-order valence-corrected chi connectivity index (χ1v) is 9.24. The van der Waals surface area contributed by atoms with Crippen LogP contribution in [0.3, 0.4) is 0 Å². The van der Waals surface area contributed by atoms with E-state index in [0.717, 1.165) is 17.7 Å². The quantitative estimate of drug-likeness (QED) is 0.294. The molecule has 0 aliphatic heterocycles. The van der Waals surface area contributed by atoms with Crippen molar-refractivity contribution in [2.45, 2.75) is 19.1 Å². The van der Waals surface area contributed by atoms with Crippen LogP contribution in [-0.4, -0.2) is 23.8 Å². The number of urea groups is 1. The molecule has 0 fully saturated rings. The van der Waals surface area contributed by atoms with E-state index in [1.807, 2.05) is 24.3 Å². The third kappa shape index (κ3) is 7.37. The van der Waals surface area contributed by atoms with Gasteiger partial charge < -0.3 is 4.74 Å². The SMILES string of the molecule is CCCOc1ccc(CSNC(=O)N/N=C/c2ccc([N+](=O)[O-])cc2)cc1. The van der Waals surface area contributed by atoms with Crippen LogP contribution in [0.25, 0.3) is 0 Å². The third-order valence-electron chi connectivity index (χ3n) is 3.28. The molecular formula is C18H20N4O4S. The van der Waals surface area contributed by atoms with Crippen LogP contribution < -0.4 is 14.9 Å². The molecule has 2 rings (SSSR count). The Bertz CT molecular complexity index is 779. The average Bonchev–Trinajstić information content (AvgIpc) is 2.68. The van der Waals surface area contributed by atoms with Gasteiger partial charge >= 0.3 is 6.03 Å². The number of hydrazone groups is 1. The molecule has 0 bridgehead atoms. The number of nitro groups is 1. The van der Waals surface area contributed by atoms with Crippen LogP contribution in [0.4, 0.5) is 10.5 Å². The summed E-state index contributed by atoms with van der Waals surface area (Å²) in [6, 6.07) is 13.1. The number of hydrogen-bond acceptors (Lipinski definition) is 6. The molecule has 0 radical (unpaired) electrons. The van der Waals surface area contributed by atoms with Crippen LogP contribution in [0.1, 0.15) is 24.5 Å². The van der Waals surface area contributed by atoms with Crippen LogP contribution in [-0.2, 0) is 5.75 Å². The molecule has 0 heterocycles. The van der Waals surface area contributed by atoms with Gasteiger partial charge in [-0.05, 0) is 53.8 Å². The predicted octanol–water partition coefficient (Wildman–Crippen LogP) is 3.87. The molecule has 2 N–H and O–H groups in total. The van der Waals surface area contributed by atoms with E-state index in [1.54, 1.807) is 12.1 Å². The summed E-state index contributed by atoms with van der Waals surface area (Å²) in [4.78, 5) is 21.8. The second kappa shape index (κ2) is 10.8. The number of ether oxygens (including phenoxy) is 1. The molecule has 0 aliphatic carbocycles. The van der Waals surface area contributed by atoms with Gasteiger partial charge in [0, 0.05) is 17.9 Å². The number of carbonyl (C=O) groups excluding carboxylic acids is 1. The lowest BCUT2D eigenvalue weighted by atomic mass is 10.2. The smallest absolute Gasteiger partial charge is 0.345 e. The van der Waals surface area contributed by atoms with E-state index in [1.165, 1.54) is 30.3 Å². The lowest BCUT2D eigenvalue weighted by Crippen LogP contribution is -2.27. The molecule has 0 unspecified atom stereocenters. The van der Waals surface area contributed by atoms with Crippen LogP contribution in [0.5, 0.6) is 5.75 Å². The lowest BCUT2D eigenvalue weighted by Gasteiger charge is -2.06. The number of amides is 2. The van der Waals surface area contributed by atoms with Crippen LogP contribution in [0, 0.1) is 10.1 Å². The van der Waals surface area contributed by atoms with Crippen molar-refractivity contribution in [1.82, 2.24) is 10.1 Å². The summed E-state index contributed by atoms with van der Waals surface area (Å²) < 4.78 is 8.14. The highest BCUT2D eigenvalue weighted by Gasteiger charge is 2.03. The van der Waals surface area contributed by atoms with Crippen LogP contribution in [0.2, 0.25) is 0 Å². The van der Waals surface area contributed by atoms with Crippen molar-refractivity contribution < 1.29 is 14.5 Å². The van der Waals surface area contributed by atoms with Crippen molar-refractivity contribution in [1.29, 1.82) is 0 Å². The van der Waals surface area contributed by atoms with E-state index in [2.05, 4.69) is 22.2 Å². The monoisotopic (exact) mass is 388 g/mol. The summed E-state index contributed by atoms with van der Waals surface area (Å²) in [5.74, 6) is 1.44. The minimum absolute atomic E-state index is 0.000731. The standard InChI is InChI=1S/C18H20N4O4S/c1-2-11-26-17-9-5-15(6-10-17)13-27-21-18(23)20-19-12-14-3-7-16(8-4-14)22(24)25/h3-10,12H,2,11,13H2,1H3,(H2,20,21,23)/b19-12+. The maximum atomic E-state index is 11.7.